The minimum absolute atomic E-state index is 0.404. The molecule has 0 spiro atoms. The molecule has 0 fully saturated rings. The number of hydrogen-bond acceptors (Lipinski definition) is 3. The fourth-order valence-corrected chi connectivity index (χ4v) is 1.63. The van der Waals surface area contributed by atoms with E-state index < -0.39 is 10.3 Å². The zero-order chi connectivity index (χ0) is 9.97. The average molecular weight is 208 g/mol. The molecule has 1 aliphatic carbocycles. The summed E-state index contributed by atoms with van der Waals surface area (Å²) in [5.74, 6) is 0. The molecular formula is C9H8N2O2S. The van der Waals surface area contributed by atoms with Crippen LogP contribution >= 0.6 is 0 Å². The van der Waals surface area contributed by atoms with Crippen LogP contribution < -0.4 is 0 Å². The van der Waals surface area contributed by atoms with Gasteiger partial charge in [0.1, 0.15) is 0 Å². The molecule has 0 aliphatic heterocycles. The van der Waals surface area contributed by atoms with Gasteiger partial charge in [0.25, 0.3) is 0 Å². The van der Waals surface area contributed by atoms with Crippen LogP contribution in [0.25, 0.3) is 5.70 Å². The third kappa shape index (κ3) is 1.67. The van der Waals surface area contributed by atoms with E-state index in [1.165, 1.54) is 0 Å². The van der Waals surface area contributed by atoms with Crippen LogP contribution in [0.1, 0.15) is 6.42 Å². The van der Waals surface area contributed by atoms with E-state index in [-0.39, 0.29) is 0 Å². The highest BCUT2D eigenvalue weighted by molar-refractivity contribution is 7.73. The van der Waals surface area contributed by atoms with Crippen molar-refractivity contribution < 1.29 is 8.42 Å². The molecule has 0 atom stereocenters. The van der Waals surface area contributed by atoms with Gasteiger partial charge in [-0.25, -0.2) is 4.68 Å². The van der Waals surface area contributed by atoms with Gasteiger partial charge in [-0.15, -0.1) is 0 Å². The van der Waals surface area contributed by atoms with Crippen molar-refractivity contribution in [2.45, 2.75) is 6.42 Å². The topological polar surface area (TPSA) is 52.0 Å². The number of aromatic nitrogens is 2. The summed E-state index contributed by atoms with van der Waals surface area (Å²) < 4.78 is 22.9. The van der Waals surface area contributed by atoms with Gasteiger partial charge < -0.3 is 0 Å². The van der Waals surface area contributed by atoms with Gasteiger partial charge in [0.05, 0.1) is 10.6 Å². The van der Waals surface area contributed by atoms with Crippen LogP contribution in [0.15, 0.2) is 36.7 Å². The molecule has 0 radical (unpaired) electrons. The maximum atomic E-state index is 10.6. The summed E-state index contributed by atoms with van der Waals surface area (Å²) in [6.45, 7) is 0. The molecule has 5 heteroatoms. The van der Waals surface area contributed by atoms with Gasteiger partial charge in [-0.3, -0.25) is 0 Å². The Balaban J connectivity index is 2.31. The molecule has 0 unspecified atom stereocenters. The first-order chi connectivity index (χ1) is 6.77. The molecule has 1 aromatic rings. The van der Waals surface area contributed by atoms with Crippen molar-refractivity contribution in [3.05, 3.63) is 36.7 Å². The first-order valence-corrected chi connectivity index (χ1v) is 5.18. The number of rotatable bonds is 1. The summed E-state index contributed by atoms with van der Waals surface area (Å²) >= 11 is 0. The van der Waals surface area contributed by atoms with E-state index in [1.807, 2.05) is 18.3 Å². The van der Waals surface area contributed by atoms with Gasteiger partial charge in [0.2, 0.25) is 10.3 Å². The van der Waals surface area contributed by atoms with Gasteiger partial charge >= 0.3 is 0 Å². The summed E-state index contributed by atoms with van der Waals surface area (Å²) in [5.41, 5.74) is 0.893. The Labute approximate surface area is 82.7 Å². The number of nitrogens with zero attached hydrogens (tertiary/aromatic N) is 2. The smallest absolute Gasteiger partial charge is 0.217 e. The Bertz CT molecular complexity index is 513. The lowest BCUT2D eigenvalue weighted by Gasteiger charge is -2.06. The first-order valence-electron chi connectivity index (χ1n) is 4.11. The largest absolute Gasteiger partial charge is 0.241 e. The van der Waals surface area contributed by atoms with Crippen molar-refractivity contribution in [2.75, 3.05) is 0 Å². The summed E-state index contributed by atoms with van der Waals surface area (Å²) in [5, 5.41) is 4.04. The molecule has 0 amide bonds. The van der Waals surface area contributed by atoms with Crippen molar-refractivity contribution in [1.82, 2.24) is 9.78 Å². The molecule has 0 aromatic carbocycles. The first kappa shape index (κ1) is 8.96. The Hall–Kier alpha value is -1.62. The minimum Gasteiger partial charge on any atom is -0.241 e. The van der Waals surface area contributed by atoms with E-state index in [1.54, 1.807) is 23.0 Å². The molecular weight excluding hydrogens is 200 g/mol. The lowest BCUT2D eigenvalue weighted by atomic mass is 10.1. The van der Waals surface area contributed by atoms with Crippen molar-refractivity contribution in [3.8, 4) is 0 Å². The third-order valence-corrected chi connectivity index (χ3v) is 2.67. The Morgan fingerprint density at radius 3 is 2.71 bits per heavy atom. The highest BCUT2D eigenvalue weighted by atomic mass is 32.2. The second-order valence-corrected chi connectivity index (χ2v) is 3.81. The van der Waals surface area contributed by atoms with E-state index in [4.69, 9.17) is 0 Å². The van der Waals surface area contributed by atoms with Crippen LogP contribution in [0.4, 0.5) is 0 Å². The van der Waals surface area contributed by atoms with Crippen molar-refractivity contribution in [2.24, 2.45) is 0 Å². The monoisotopic (exact) mass is 208 g/mol. The predicted molar refractivity (Wildman–Crippen MR) is 54.2 cm³/mol. The van der Waals surface area contributed by atoms with E-state index in [0.29, 0.717) is 11.3 Å². The summed E-state index contributed by atoms with van der Waals surface area (Å²) in [7, 11) is -2.11. The number of hydrogen-bond donors (Lipinski definition) is 0. The van der Waals surface area contributed by atoms with Crippen molar-refractivity contribution >= 4 is 20.9 Å². The molecule has 1 aromatic heterocycles. The van der Waals surface area contributed by atoms with Crippen LogP contribution in [0.2, 0.25) is 0 Å². The third-order valence-electron chi connectivity index (χ3n) is 1.94. The van der Waals surface area contributed by atoms with E-state index in [9.17, 15) is 8.42 Å². The van der Waals surface area contributed by atoms with Gasteiger partial charge in [0.15, 0.2) is 0 Å². The lowest BCUT2D eigenvalue weighted by Crippen LogP contribution is -2.03. The standard InChI is InChI=1S/C9H8N2O2S/c12-14(13)9-4-2-8(3-5-9)11-7-1-6-10-11/h1-4,6-7H,5H2. The maximum absolute atomic E-state index is 10.6. The molecule has 72 valence electrons. The highest BCUT2D eigenvalue weighted by Gasteiger charge is 2.04. The van der Waals surface area contributed by atoms with Crippen molar-refractivity contribution in [1.29, 1.82) is 0 Å². The van der Waals surface area contributed by atoms with Crippen LogP contribution in [0, 0.1) is 0 Å². The number of allylic oxidation sites excluding steroid dienone is 4. The van der Waals surface area contributed by atoms with Gasteiger partial charge in [-0.2, -0.15) is 13.5 Å². The second kappa shape index (κ2) is 3.63. The molecule has 0 saturated carbocycles. The molecule has 0 bridgehead atoms. The maximum Gasteiger partial charge on any atom is 0.217 e. The predicted octanol–water partition coefficient (Wildman–Crippen LogP) is 0.735. The van der Waals surface area contributed by atoms with E-state index in [0.717, 1.165) is 5.70 Å². The zero-order valence-corrected chi connectivity index (χ0v) is 8.11. The van der Waals surface area contributed by atoms with Crippen LogP contribution in [-0.4, -0.2) is 23.1 Å². The SMILES string of the molecule is O=S(=O)=C1C=CC(n2cccn2)=CC1. The minimum atomic E-state index is -2.11. The van der Waals surface area contributed by atoms with Gasteiger partial charge in [0, 0.05) is 18.8 Å². The molecule has 0 saturated heterocycles. The quantitative estimate of drug-likeness (QED) is 0.639. The van der Waals surface area contributed by atoms with Gasteiger partial charge in [-0.05, 0) is 18.2 Å². The van der Waals surface area contributed by atoms with Crippen molar-refractivity contribution in [3.63, 3.8) is 0 Å². The molecule has 0 N–H and O–H groups in total. The summed E-state index contributed by atoms with van der Waals surface area (Å²) in [6.07, 6.45) is 9.09. The molecule has 1 aliphatic rings. The Kier molecular flexibility index (Phi) is 2.32. The summed E-state index contributed by atoms with van der Waals surface area (Å²) in [4.78, 5) is 0.404. The van der Waals surface area contributed by atoms with Gasteiger partial charge in [-0.1, -0.05) is 6.08 Å². The van der Waals surface area contributed by atoms with Crippen LogP contribution in [0.5, 0.6) is 0 Å². The Morgan fingerprint density at radius 2 is 2.21 bits per heavy atom. The highest BCUT2D eigenvalue weighted by Crippen LogP contribution is 2.11. The fraction of sp³-hybridized carbons (Fsp3) is 0.111. The van der Waals surface area contributed by atoms with E-state index in [2.05, 4.69) is 5.10 Å². The second-order valence-electron chi connectivity index (χ2n) is 2.82. The van der Waals surface area contributed by atoms with E-state index >= 15 is 0 Å². The van der Waals surface area contributed by atoms with Crippen LogP contribution in [0.3, 0.4) is 0 Å². The average Bonchev–Trinajstić information content (AvgIpc) is 2.71. The fourth-order valence-electron chi connectivity index (χ4n) is 1.23. The molecule has 14 heavy (non-hydrogen) atoms. The summed E-state index contributed by atoms with van der Waals surface area (Å²) in [6, 6.07) is 1.82. The van der Waals surface area contributed by atoms with Crippen LogP contribution in [-0.2, 0) is 10.3 Å². The molecule has 1 heterocycles. The molecule has 2 rings (SSSR count). The zero-order valence-electron chi connectivity index (χ0n) is 7.29. The Morgan fingerprint density at radius 1 is 1.36 bits per heavy atom. The molecule has 4 nitrogen and oxygen atoms in total. The lowest BCUT2D eigenvalue weighted by molar-refractivity contribution is 0.627. The normalized spacial score (nSPS) is 15.4.